The minimum atomic E-state index is 0.202. The largest absolute Gasteiger partial charge is 0.308 e. The first-order valence-electron chi connectivity index (χ1n) is 8.59. The fourth-order valence-corrected chi connectivity index (χ4v) is 4.28. The number of nitrogens with one attached hydrogen (secondary N) is 1. The molecule has 1 heteroatoms. The average molecular weight is 287 g/mol. The van der Waals surface area contributed by atoms with Gasteiger partial charge in [0.05, 0.1) is 0 Å². The van der Waals surface area contributed by atoms with Crippen LogP contribution in [-0.4, -0.2) is 11.6 Å². The quantitative estimate of drug-likeness (QED) is 0.769. The van der Waals surface area contributed by atoms with E-state index >= 15 is 0 Å². The molecule has 21 heavy (non-hydrogen) atoms. The summed E-state index contributed by atoms with van der Waals surface area (Å²) < 4.78 is 0. The Labute approximate surface area is 131 Å². The van der Waals surface area contributed by atoms with E-state index in [4.69, 9.17) is 0 Å². The smallest absolute Gasteiger partial charge is 0.0141 e. The molecule has 0 spiro atoms. The van der Waals surface area contributed by atoms with E-state index < -0.39 is 0 Å². The van der Waals surface area contributed by atoms with E-state index in [0.717, 1.165) is 0 Å². The van der Waals surface area contributed by atoms with Crippen molar-refractivity contribution in [1.29, 1.82) is 0 Å². The number of benzene rings is 1. The lowest BCUT2D eigenvalue weighted by Gasteiger charge is -2.41. The summed E-state index contributed by atoms with van der Waals surface area (Å²) in [4.78, 5) is 0. The van der Waals surface area contributed by atoms with E-state index in [1.807, 2.05) is 0 Å². The first-order valence-corrected chi connectivity index (χ1v) is 8.59. The predicted molar refractivity (Wildman–Crippen MR) is 92.7 cm³/mol. The van der Waals surface area contributed by atoms with Gasteiger partial charge in [0.1, 0.15) is 0 Å². The lowest BCUT2D eigenvalue weighted by atomic mass is 9.76. The highest BCUT2D eigenvalue weighted by molar-refractivity contribution is 5.22. The van der Waals surface area contributed by atoms with Crippen molar-refractivity contribution in [1.82, 2.24) is 5.32 Å². The first-order chi connectivity index (χ1) is 9.77. The SMILES string of the molecule is CC(C)(C)CC(C)(C)NC1CCCCC1c1ccccc1. The standard InChI is InChI=1S/C20H33N/c1-19(2,3)15-20(4,5)21-18-14-10-9-13-17(18)16-11-7-6-8-12-16/h6-8,11-12,17-18,21H,9-10,13-15H2,1-5H3. The van der Waals surface area contributed by atoms with E-state index in [9.17, 15) is 0 Å². The van der Waals surface area contributed by atoms with Crippen LogP contribution in [0.4, 0.5) is 0 Å². The summed E-state index contributed by atoms with van der Waals surface area (Å²) in [6.07, 6.45) is 6.59. The van der Waals surface area contributed by atoms with Gasteiger partial charge in [-0.25, -0.2) is 0 Å². The summed E-state index contributed by atoms with van der Waals surface area (Å²) in [5, 5.41) is 4.00. The second kappa shape index (κ2) is 6.52. The third kappa shape index (κ3) is 5.14. The molecule has 1 N–H and O–H groups in total. The summed E-state index contributed by atoms with van der Waals surface area (Å²) >= 11 is 0. The molecule has 0 aliphatic heterocycles. The maximum Gasteiger partial charge on any atom is 0.0141 e. The van der Waals surface area contributed by atoms with Crippen LogP contribution in [0.5, 0.6) is 0 Å². The highest BCUT2D eigenvalue weighted by Crippen LogP contribution is 2.35. The Balaban J connectivity index is 2.09. The Bertz CT molecular complexity index is 427. The minimum Gasteiger partial charge on any atom is -0.308 e. The van der Waals surface area contributed by atoms with E-state index in [0.29, 0.717) is 17.4 Å². The Morgan fingerprint density at radius 2 is 1.57 bits per heavy atom. The van der Waals surface area contributed by atoms with Gasteiger partial charge in [0.2, 0.25) is 0 Å². The van der Waals surface area contributed by atoms with E-state index in [2.05, 4.69) is 70.3 Å². The zero-order valence-electron chi connectivity index (χ0n) is 14.6. The highest BCUT2D eigenvalue weighted by Gasteiger charge is 2.33. The zero-order chi connectivity index (χ0) is 15.5. The minimum absolute atomic E-state index is 0.202. The highest BCUT2D eigenvalue weighted by atomic mass is 15.0. The average Bonchev–Trinajstić information content (AvgIpc) is 2.37. The second-order valence-electron chi connectivity index (χ2n) is 8.67. The fourth-order valence-electron chi connectivity index (χ4n) is 4.28. The van der Waals surface area contributed by atoms with Crippen molar-refractivity contribution in [2.24, 2.45) is 5.41 Å². The van der Waals surface area contributed by atoms with Crippen LogP contribution in [0.25, 0.3) is 0 Å². The molecule has 0 radical (unpaired) electrons. The summed E-state index contributed by atoms with van der Waals surface area (Å²) in [6, 6.07) is 11.7. The maximum atomic E-state index is 4.00. The lowest BCUT2D eigenvalue weighted by molar-refractivity contribution is 0.192. The summed E-state index contributed by atoms with van der Waals surface area (Å²) in [5.41, 5.74) is 2.09. The van der Waals surface area contributed by atoms with Gasteiger partial charge in [-0.3, -0.25) is 0 Å². The summed E-state index contributed by atoms with van der Waals surface area (Å²) in [7, 11) is 0. The molecule has 1 saturated carbocycles. The van der Waals surface area contributed by atoms with Crippen LogP contribution in [0.3, 0.4) is 0 Å². The predicted octanol–water partition coefficient (Wildman–Crippen LogP) is 5.52. The number of hydrogen-bond donors (Lipinski definition) is 1. The van der Waals surface area contributed by atoms with Crippen LogP contribution in [0.2, 0.25) is 0 Å². The Morgan fingerprint density at radius 3 is 2.19 bits per heavy atom. The molecule has 2 rings (SSSR count). The van der Waals surface area contributed by atoms with Crippen LogP contribution in [0.1, 0.15) is 78.2 Å². The molecule has 1 aromatic carbocycles. The molecule has 0 aromatic heterocycles. The maximum absolute atomic E-state index is 4.00. The van der Waals surface area contributed by atoms with Crippen molar-refractivity contribution in [3.05, 3.63) is 35.9 Å². The van der Waals surface area contributed by atoms with E-state index in [1.54, 1.807) is 0 Å². The van der Waals surface area contributed by atoms with Gasteiger partial charge in [-0.15, -0.1) is 0 Å². The van der Waals surface area contributed by atoms with Crippen molar-refractivity contribution in [3.63, 3.8) is 0 Å². The molecular weight excluding hydrogens is 254 g/mol. The molecule has 0 bridgehead atoms. The van der Waals surface area contributed by atoms with Gasteiger partial charge in [-0.05, 0) is 50.0 Å². The van der Waals surface area contributed by atoms with Gasteiger partial charge in [0, 0.05) is 11.6 Å². The van der Waals surface area contributed by atoms with Gasteiger partial charge < -0.3 is 5.32 Å². The van der Waals surface area contributed by atoms with Crippen LogP contribution in [0.15, 0.2) is 30.3 Å². The number of rotatable bonds is 4. The van der Waals surface area contributed by atoms with Crippen molar-refractivity contribution in [2.45, 2.75) is 84.2 Å². The van der Waals surface area contributed by atoms with Crippen LogP contribution < -0.4 is 5.32 Å². The molecule has 118 valence electrons. The molecule has 1 fully saturated rings. The summed E-state index contributed by atoms with van der Waals surface area (Å²) in [5.74, 6) is 0.680. The van der Waals surface area contributed by atoms with E-state index in [-0.39, 0.29) is 5.54 Å². The molecule has 1 aliphatic rings. The first kappa shape index (κ1) is 16.5. The Morgan fingerprint density at radius 1 is 0.952 bits per heavy atom. The monoisotopic (exact) mass is 287 g/mol. The summed E-state index contributed by atoms with van der Waals surface area (Å²) in [6.45, 7) is 11.8. The second-order valence-corrected chi connectivity index (χ2v) is 8.67. The van der Waals surface area contributed by atoms with Crippen LogP contribution >= 0.6 is 0 Å². The number of hydrogen-bond acceptors (Lipinski definition) is 1. The van der Waals surface area contributed by atoms with Crippen molar-refractivity contribution in [3.8, 4) is 0 Å². The Hall–Kier alpha value is -0.820. The fraction of sp³-hybridized carbons (Fsp3) is 0.700. The van der Waals surface area contributed by atoms with Crippen molar-refractivity contribution < 1.29 is 0 Å². The topological polar surface area (TPSA) is 12.0 Å². The van der Waals surface area contributed by atoms with Gasteiger partial charge in [0.25, 0.3) is 0 Å². The van der Waals surface area contributed by atoms with E-state index in [1.165, 1.54) is 37.7 Å². The molecule has 0 saturated heterocycles. The molecule has 0 heterocycles. The Kier molecular flexibility index (Phi) is 5.14. The lowest BCUT2D eigenvalue weighted by Crippen LogP contribution is -2.51. The van der Waals surface area contributed by atoms with Gasteiger partial charge in [0.15, 0.2) is 0 Å². The van der Waals surface area contributed by atoms with Gasteiger partial charge >= 0.3 is 0 Å². The van der Waals surface area contributed by atoms with Gasteiger partial charge in [-0.2, -0.15) is 0 Å². The van der Waals surface area contributed by atoms with Crippen molar-refractivity contribution >= 4 is 0 Å². The van der Waals surface area contributed by atoms with Crippen LogP contribution in [-0.2, 0) is 0 Å². The molecule has 1 aliphatic carbocycles. The third-order valence-electron chi connectivity index (χ3n) is 4.54. The third-order valence-corrected chi connectivity index (χ3v) is 4.54. The molecular formula is C20H33N. The molecule has 1 aromatic rings. The normalized spacial score (nSPS) is 24.0. The molecule has 1 nitrogen and oxygen atoms in total. The van der Waals surface area contributed by atoms with Crippen molar-refractivity contribution in [2.75, 3.05) is 0 Å². The zero-order valence-corrected chi connectivity index (χ0v) is 14.6. The molecule has 2 unspecified atom stereocenters. The molecule has 2 atom stereocenters. The van der Waals surface area contributed by atoms with Gasteiger partial charge in [-0.1, -0.05) is 63.9 Å². The van der Waals surface area contributed by atoms with Crippen LogP contribution in [0, 0.1) is 5.41 Å². The molecule has 0 amide bonds.